The Morgan fingerprint density at radius 2 is 1.67 bits per heavy atom. The number of piperidine rings is 1. The van der Waals surface area contributed by atoms with Crippen molar-refractivity contribution in [2.75, 3.05) is 23.9 Å². The molecule has 0 aliphatic carbocycles. The second-order valence-corrected chi connectivity index (χ2v) is 3.84. The van der Waals surface area contributed by atoms with Crippen molar-refractivity contribution < 1.29 is 4.48 Å². The Morgan fingerprint density at radius 1 is 1.07 bits per heavy atom. The van der Waals surface area contributed by atoms with E-state index < -0.39 is 0 Å². The van der Waals surface area contributed by atoms with Gasteiger partial charge in [0.2, 0.25) is 0 Å². The zero-order valence-corrected chi connectivity index (χ0v) is 8.59. The molecule has 1 aromatic rings. The zero-order chi connectivity index (χ0) is 10.5. The van der Waals surface area contributed by atoms with Gasteiger partial charge in [-0.15, -0.1) is 4.48 Å². The molecule has 82 valence electrons. The maximum absolute atomic E-state index is 12.0. The van der Waals surface area contributed by atoms with E-state index in [1.807, 2.05) is 12.1 Å². The van der Waals surface area contributed by atoms with Crippen LogP contribution in [0.15, 0.2) is 24.3 Å². The first kappa shape index (κ1) is 10.2. The third-order valence-corrected chi connectivity index (χ3v) is 2.70. The number of anilines is 2. The maximum atomic E-state index is 12.0. The Hall–Kier alpha value is -1.29. The average molecular weight is 209 g/mol. The van der Waals surface area contributed by atoms with Gasteiger partial charge in [-0.25, -0.2) is 5.54 Å². The molecule has 0 amide bonds. The quantitative estimate of drug-likeness (QED) is 0.667. The van der Waals surface area contributed by atoms with Crippen molar-refractivity contribution in [2.45, 2.75) is 18.9 Å². The first-order valence-corrected chi connectivity index (χ1v) is 5.32. The molecule has 1 heterocycles. The summed E-state index contributed by atoms with van der Waals surface area (Å²) in [6.07, 6.45) is 2.28. The molecule has 1 saturated heterocycles. The lowest BCUT2D eigenvalue weighted by Gasteiger charge is -2.24. The molecular weight excluding hydrogens is 193 g/mol. The molecule has 1 aliphatic rings. The van der Waals surface area contributed by atoms with Crippen molar-refractivity contribution in [3.05, 3.63) is 24.3 Å². The van der Waals surface area contributed by atoms with Crippen LogP contribution in [0.3, 0.4) is 0 Å². The minimum Gasteiger partial charge on any atom is -0.382 e. The van der Waals surface area contributed by atoms with Crippen LogP contribution in [-0.4, -0.2) is 19.1 Å². The van der Waals surface area contributed by atoms with Crippen LogP contribution < -0.4 is 16.2 Å². The summed E-state index contributed by atoms with van der Waals surface area (Å²) in [5.41, 5.74) is 3.17. The Morgan fingerprint density at radius 3 is 2.27 bits per heavy atom. The summed E-state index contributed by atoms with van der Waals surface area (Å²) in [6, 6.07) is 7.77. The van der Waals surface area contributed by atoms with Crippen molar-refractivity contribution in [1.29, 1.82) is 0 Å². The largest absolute Gasteiger partial charge is 0.382 e. The highest BCUT2D eigenvalue weighted by Gasteiger charge is 2.11. The molecule has 15 heavy (non-hydrogen) atoms. The van der Waals surface area contributed by atoms with Crippen molar-refractivity contribution in [2.24, 2.45) is 0 Å². The molecule has 3 N–H and O–H groups in total. The van der Waals surface area contributed by atoms with Gasteiger partial charge in [-0.05, 0) is 50.2 Å². The van der Waals surface area contributed by atoms with Crippen LogP contribution in [0, 0.1) is 0 Å². The van der Waals surface area contributed by atoms with E-state index in [0.717, 1.165) is 31.6 Å². The maximum Gasteiger partial charge on any atom is 0.0657 e. The van der Waals surface area contributed by atoms with Crippen molar-refractivity contribution in [3.8, 4) is 0 Å². The molecule has 0 saturated carbocycles. The first-order valence-electron chi connectivity index (χ1n) is 5.32. The lowest BCUT2D eigenvalue weighted by Crippen LogP contribution is -2.35. The summed E-state index contributed by atoms with van der Waals surface area (Å²) in [5, 5.41) is 6.76. The summed E-state index contributed by atoms with van der Waals surface area (Å²) >= 11 is 0. The van der Waals surface area contributed by atoms with Gasteiger partial charge in [-0.3, -0.25) is 0 Å². The van der Waals surface area contributed by atoms with Gasteiger partial charge in [-0.1, -0.05) is 0 Å². The number of rotatable bonds is 3. The minimum absolute atomic E-state index is 0.492. The number of hydrogen-bond donors (Lipinski definition) is 3. The Balaban J connectivity index is 1.91. The van der Waals surface area contributed by atoms with Gasteiger partial charge >= 0.3 is 0 Å². The Kier molecular flexibility index (Phi) is 3.40. The minimum atomic E-state index is 0.492. The standard InChI is InChI=1S/C11H16FN3/c12-15-11-3-1-9(2-4-11)14-10-5-7-13-8-6-10/h1-4,10,13-15H,5-8H2. The van der Waals surface area contributed by atoms with Crippen LogP contribution in [0.25, 0.3) is 0 Å². The fourth-order valence-electron chi connectivity index (χ4n) is 1.83. The van der Waals surface area contributed by atoms with Crippen LogP contribution in [0.1, 0.15) is 12.8 Å². The van der Waals surface area contributed by atoms with Crippen molar-refractivity contribution in [1.82, 2.24) is 5.32 Å². The third kappa shape index (κ3) is 2.83. The molecule has 0 aromatic heterocycles. The van der Waals surface area contributed by atoms with E-state index in [2.05, 4.69) is 10.6 Å². The molecule has 4 heteroatoms. The van der Waals surface area contributed by atoms with E-state index in [9.17, 15) is 4.48 Å². The highest BCUT2D eigenvalue weighted by atomic mass is 19.2. The van der Waals surface area contributed by atoms with Crippen LogP contribution in [0.5, 0.6) is 0 Å². The van der Waals surface area contributed by atoms with E-state index in [-0.39, 0.29) is 0 Å². The Bertz CT molecular complexity index is 293. The fourth-order valence-corrected chi connectivity index (χ4v) is 1.83. The van der Waals surface area contributed by atoms with Gasteiger partial charge in [0.1, 0.15) is 0 Å². The second-order valence-electron chi connectivity index (χ2n) is 3.84. The molecule has 0 radical (unpaired) electrons. The average Bonchev–Trinajstić information content (AvgIpc) is 2.31. The van der Waals surface area contributed by atoms with Gasteiger partial charge in [0.05, 0.1) is 5.69 Å². The molecule has 0 spiro atoms. The monoisotopic (exact) mass is 209 g/mol. The SMILES string of the molecule is FNc1ccc(NC2CCNCC2)cc1. The van der Waals surface area contributed by atoms with Crippen LogP contribution in [0.2, 0.25) is 0 Å². The van der Waals surface area contributed by atoms with E-state index in [0.29, 0.717) is 11.7 Å². The van der Waals surface area contributed by atoms with Gasteiger partial charge < -0.3 is 10.6 Å². The summed E-state index contributed by atoms with van der Waals surface area (Å²) in [5.74, 6) is 0. The molecule has 3 nitrogen and oxygen atoms in total. The summed E-state index contributed by atoms with van der Waals surface area (Å²) in [7, 11) is 0. The number of hydrogen-bond acceptors (Lipinski definition) is 3. The summed E-state index contributed by atoms with van der Waals surface area (Å²) in [4.78, 5) is 0. The highest BCUT2D eigenvalue weighted by Crippen LogP contribution is 2.16. The van der Waals surface area contributed by atoms with Crippen molar-refractivity contribution in [3.63, 3.8) is 0 Å². The van der Waals surface area contributed by atoms with Crippen LogP contribution >= 0.6 is 0 Å². The van der Waals surface area contributed by atoms with Gasteiger partial charge in [0.15, 0.2) is 0 Å². The highest BCUT2D eigenvalue weighted by molar-refractivity contribution is 5.53. The molecule has 0 atom stereocenters. The molecular formula is C11H16FN3. The van der Waals surface area contributed by atoms with Gasteiger partial charge in [0, 0.05) is 11.7 Å². The van der Waals surface area contributed by atoms with Crippen molar-refractivity contribution >= 4 is 11.4 Å². The fraction of sp³-hybridized carbons (Fsp3) is 0.455. The third-order valence-electron chi connectivity index (χ3n) is 2.70. The van der Waals surface area contributed by atoms with Gasteiger partial charge in [0.25, 0.3) is 0 Å². The van der Waals surface area contributed by atoms with E-state index in [1.165, 1.54) is 0 Å². The first-order chi connectivity index (χ1) is 7.38. The lowest BCUT2D eigenvalue weighted by molar-refractivity contribution is 0.479. The number of nitrogens with one attached hydrogen (secondary N) is 3. The molecule has 2 rings (SSSR count). The molecule has 0 unspecified atom stereocenters. The zero-order valence-electron chi connectivity index (χ0n) is 8.59. The Labute approximate surface area is 89.0 Å². The predicted molar refractivity (Wildman–Crippen MR) is 60.7 cm³/mol. The van der Waals surface area contributed by atoms with E-state index >= 15 is 0 Å². The lowest BCUT2D eigenvalue weighted by atomic mass is 10.1. The number of halogens is 1. The van der Waals surface area contributed by atoms with Crippen LogP contribution in [0.4, 0.5) is 15.9 Å². The molecule has 0 bridgehead atoms. The smallest absolute Gasteiger partial charge is 0.0657 e. The number of benzene rings is 1. The molecule has 1 aromatic carbocycles. The van der Waals surface area contributed by atoms with E-state index in [4.69, 9.17) is 0 Å². The summed E-state index contributed by atoms with van der Waals surface area (Å²) < 4.78 is 12.0. The van der Waals surface area contributed by atoms with Crippen LogP contribution in [-0.2, 0) is 0 Å². The molecule has 1 fully saturated rings. The molecule has 1 aliphatic heterocycles. The second kappa shape index (κ2) is 4.98. The predicted octanol–water partition coefficient (Wildman–Crippen LogP) is 2.15. The summed E-state index contributed by atoms with van der Waals surface area (Å²) in [6.45, 7) is 2.14. The van der Waals surface area contributed by atoms with E-state index in [1.54, 1.807) is 17.7 Å². The van der Waals surface area contributed by atoms with Gasteiger partial charge in [-0.2, -0.15) is 0 Å². The normalized spacial score (nSPS) is 17.4. The topological polar surface area (TPSA) is 36.1 Å².